The van der Waals surface area contributed by atoms with E-state index in [0.29, 0.717) is 27.2 Å². The van der Waals surface area contributed by atoms with Gasteiger partial charge in [0.25, 0.3) is 11.7 Å². The standard InChI is InChI=1S/C18H16F2N2O4S2/c19-18(20)28-12-7-5-11(6-8-12)22-16(24)9-26-17(25)13-3-1-2-4-14(13)27-10-15(21)23/h1-8,18H,9-10H2,(H2,21,23)(H,22,24). The maximum Gasteiger partial charge on any atom is 0.339 e. The summed E-state index contributed by atoms with van der Waals surface area (Å²) in [7, 11) is 0. The molecule has 2 aromatic carbocycles. The SMILES string of the molecule is NC(=O)CSc1ccccc1C(=O)OCC(=O)Nc1ccc(SC(F)F)cc1. The van der Waals surface area contributed by atoms with Gasteiger partial charge in [0.05, 0.1) is 11.3 Å². The van der Waals surface area contributed by atoms with Crippen LogP contribution in [-0.2, 0) is 14.3 Å². The zero-order valence-corrected chi connectivity index (χ0v) is 16.0. The molecule has 0 unspecified atom stereocenters. The number of carbonyl (C=O) groups excluding carboxylic acids is 3. The van der Waals surface area contributed by atoms with Crippen LogP contribution in [-0.4, -0.2) is 35.9 Å². The zero-order chi connectivity index (χ0) is 20.5. The Morgan fingerprint density at radius 1 is 1.07 bits per heavy atom. The van der Waals surface area contributed by atoms with E-state index in [0.717, 1.165) is 11.8 Å². The highest BCUT2D eigenvalue weighted by Crippen LogP contribution is 2.26. The van der Waals surface area contributed by atoms with E-state index >= 15 is 0 Å². The third-order valence-corrected chi connectivity index (χ3v) is 4.99. The van der Waals surface area contributed by atoms with Crippen molar-refractivity contribution < 1.29 is 27.9 Å². The molecule has 148 valence electrons. The molecule has 28 heavy (non-hydrogen) atoms. The number of nitrogens with one attached hydrogen (secondary N) is 1. The van der Waals surface area contributed by atoms with Gasteiger partial charge in [-0.2, -0.15) is 8.78 Å². The normalized spacial score (nSPS) is 10.5. The molecule has 3 N–H and O–H groups in total. The van der Waals surface area contributed by atoms with Crippen molar-refractivity contribution in [3.63, 3.8) is 0 Å². The van der Waals surface area contributed by atoms with Crippen LogP contribution in [0, 0.1) is 0 Å². The fourth-order valence-electron chi connectivity index (χ4n) is 2.04. The topological polar surface area (TPSA) is 98.5 Å². The molecule has 0 spiro atoms. The molecule has 0 saturated carbocycles. The van der Waals surface area contributed by atoms with Gasteiger partial charge in [-0.1, -0.05) is 23.9 Å². The number of anilines is 1. The van der Waals surface area contributed by atoms with Crippen LogP contribution in [0.1, 0.15) is 10.4 Å². The number of hydrogen-bond acceptors (Lipinski definition) is 6. The number of alkyl halides is 2. The second-order valence-corrected chi connectivity index (χ2v) is 7.36. The van der Waals surface area contributed by atoms with Crippen LogP contribution in [0.2, 0.25) is 0 Å². The van der Waals surface area contributed by atoms with Crippen LogP contribution in [0.5, 0.6) is 0 Å². The molecule has 0 atom stereocenters. The highest BCUT2D eigenvalue weighted by molar-refractivity contribution is 8.00. The molecule has 2 rings (SSSR count). The van der Waals surface area contributed by atoms with Crippen molar-refractivity contribution in [1.29, 1.82) is 0 Å². The molecule has 0 aliphatic heterocycles. The molecule has 10 heteroatoms. The minimum atomic E-state index is -2.52. The van der Waals surface area contributed by atoms with Gasteiger partial charge in [-0.05, 0) is 36.4 Å². The molecule has 6 nitrogen and oxygen atoms in total. The number of rotatable bonds is 9. The monoisotopic (exact) mass is 426 g/mol. The number of hydrogen-bond donors (Lipinski definition) is 2. The van der Waals surface area contributed by atoms with E-state index in [-0.39, 0.29) is 11.3 Å². The lowest BCUT2D eigenvalue weighted by Crippen LogP contribution is -2.21. The van der Waals surface area contributed by atoms with Crippen molar-refractivity contribution in [3.8, 4) is 0 Å². The van der Waals surface area contributed by atoms with Gasteiger partial charge >= 0.3 is 5.97 Å². The van der Waals surface area contributed by atoms with Crippen molar-refractivity contribution in [2.45, 2.75) is 15.5 Å². The molecule has 2 aromatic rings. The third kappa shape index (κ3) is 7.20. The van der Waals surface area contributed by atoms with Gasteiger partial charge in [0.1, 0.15) is 0 Å². The number of carbonyl (C=O) groups is 3. The van der Waals surface area contributed by atoms with E-state index in [4.69, 9.17) is 10.5 Å². The summed E-state index contributed by atoms with van der Waals surface area (Å²) in [6.45, 7) is -0.527. The Labute approximate surface area is 168 Å². The predicted octanol–water partition coefficient (Wildman–Crippen LogP) is 3.37. The van der Waals surface area contributed by atoms with Gasteiger partial charge in [-0.3, -0.25) is 9.59 Å². The Hall–Kier alpha value is -2.59. The van der Waals surface area contributed by atoms with E-state index in [1.807, 2.05) is 0 Å². The van der Waals surface area contributed by atoms with Gasteiger partial charge in [0, 0.05) is 15.5 Å². The van der Waals surface area contributed by atoms with E-state index in [2.05, 4.69) is 5.32 Å². The maximum atomic E-state index is 12.3. The fraction of sp³-hybridized carbons (Fsp3) is 0.167. The van der Waals surface area contributed by atoms with E-state index in [9.17, 15) is 23.2 Å². The summed E-state index contributed by atoms with van der Waals surface area (Å²) in [4.78, 5) is 35.9. The van der Waals surface area contributed by atoms with Crippen LogP contribution in [0.4, 0.5) is 14.5 Å². The zero-order valence-electron chi connectivity index (χ0n) is 14.4. The molecule has 0 heterocycles. The van der Waals surface area contributed by atoms with Crippen molar-refractivity contribution in [2.75, 3.05) is 17.7 Å². The molecular weight excluding hydrogens is 410 g/mol. The smallest absolute Gasteiger partial charge is 0.339 e. The molecule has 2 amide bonds. The summed E-state index contributed by atoms with van der Waals surface area (Å²) in [6.07, 6.45) is 0. The Morgan fingerprint density at radius 2 is 1.75 bits per heavy atom. The quantitative estimate of drug-likeness (QED) is 0.471. The molecular formula is C18H16F2N2O4S2. The minimum Gasteiger partial charge on any atom is -0.452 e. The first-order valence-corrected chi connectivity index (χ1v) is 9.73. The Kier molecular flexibility index (Phi) is 8.27. The number of esters is 1. The lowest BCUT2D eigenvalue weighted by molar-refractivity contribution is -0.119. The second kappa shape index (κ2) is 10.7. The van der Waals surface area contributed by atoms with Crippen LogP contribution in [0.15, 0.2) is 58.3 Å². The Balaban J connectivity index is 1.89. The summed E-state index contributed by atoms with van der Waals surface area (Å²) in [5.41, 5.74) is 5.71. The number of benzene rings is 2. The van der Waals surface area contributed by atoms with E-state index in [1.54, 1.807) is 18.2 Å². The van der Waals surface area contributed by atoms with Crippen molar-refractivity contribution in [1.82, 2.24) is 0 Å². The summed E-state index contributed by atoms with van der Waals surface area (Å²) in [6, 6.07) is 12.3. The summed E-state index contributed by atoms with van der Waals surface area (Å²) in [5.74, 6) is -4.34. The highest BCUT2D eigenvalue weighted by atomic mass is 32.2. The Bertz CT molecular complexity index is 848. The number of primary amides is 1. The second-order valence-electron chi connectivity index (χ2n) is 5.28. The van der Waals surface area contributed by atoms with E-state index in [1.165, 1.54) is 30.3 Å². The first-order valence-electron chi connectivity index (χ1n) is 7.87. The lowest BCUT2D eigenvalue weighted by Gasteiger charge is -2.09. The highest BCUT2D eigenvalue weighted by Gasteiger charge is 2.15. The van der Waals surface area contributed by atoms with Crippen molar-refractivity contribution in [3.05, 3.63) is 54.1 Å². The summed E-state index contributed by atoms with van der Waals surface area (Å²) in [5, 5.41) is 2.50. The number of halogens is 2. The van der Waals surface area contributed by atoms with Gasteiger partial charge in [0.2, 0.25) is 5.91 Å². The first-order chi connectivity index (χ1) is 13.3. The van der Waals surface area contributed by atoms with Gasteiger partial charge in [0.15, 0.2) is 6.61 Å². The fourth-order valence-corrected chi connectivity index (χ4v) is 3.31. The van der Waals surface area contributed by atoms with Crippen LogP contribution in [0.25, 0.3) is 0 Å². The molecule has 0 aromatic heterocycles. The summed E-state index contributed by atoms with van der Waals surface area (Å²) < 4.78 is 29.6. The maximum absolute atomic E-state index is 12.3. The molecule has 0 saturated heterocycles. The van der Waals surface area contributed by atoms with Crippen molar-refractivity contribution >= 4 is 47.0 Å². The van der Waals surface area contributed by atoms with Crippen LogP contribution >= 0.6 is 23.5 Å². The van der Waals surface area contributed by atoms with Crippen LogP contribution < -0.4 is 11.1 Å². The number of ether oxygens (including phenoxy) is 1. The molecule has 0 aliphatic carbocycles. The van der Waals surface area contributed by atoms with Gasteiger partial charge < -0.3 is 15.8 Å². The molecule has 0 fully saturated rings. The first kappa shape index (κ1) is 21.7. The lowest BCUT2D eigenvalue weighted by atomic mass is 10.2. The van der Waals surface area contributed by atoms with Gasteiger partial charge in [-0.25, -0.2) is 4.79 Å². The largest absolute Gasteiger partial charge is 0.452 e. The molecule has 0 radical (unpaired) electrons. The van der Waals surface area contributed by atoms with Crippen molar-refractivity contribution in [2.24, 2.45) is 5.73 Å². The predicted molar refractivity (Wildman–Crippen MR) is 104 cm³/mol. The number of thioether (sulfide) groups is 2. The average Bonchev–Trinajstić information content (AvgIpc) is 2.66. The molecule has 0 aliphatic rings. The molecule has 0 bridgehead atoms. The van der Waals surface area contributed by atoms with E-state index < -0.39 is 30.1 Å². The average molecular weight is 426 g/mol. The Morgan fingerprint density at radius 3 is 2.39 bits per heavy atom. The summed E-state index contributed by atoms with van der Waals surface area (Å²) >= 11 is 1.49. The van der Waals surface area contributed by atoms with Crippen LogP contribution in [0.3, 0.4) is 0 Å². The van der Waals surface area contributed by atoms with Gasteiger partial charge in [-0.15, -0.1) is 11.8 Å². The minimum absolute atomic E-state index is 0.00458. The number of nitrogens with two attached hydrogens (primary N) is 1. The third-order valence-electron chi connectivity index (χ3n) is 3.17. The number of amides is 2.